The van der Waals surface area contributed by atoms with E-state index in [1.54, 1.807) is 6.07 Å². The van der Waals surface area contributed by atoms with Crippen LogP contribution < -0.4 is 10.2 Å². The number of carbonyl (C=O) groups is 1. The van der Waals surface area contributed by atoms with Crippen LogP contribution in [0, 0.1) is 12.7 Å². The number of nitrogens with zero attached hydrogens (tertiary/aromatic N) is 2. The van der Waals surface area contributed by atoms with Gasteiger partial charge in [0, 0.05) is 5.38 Å². The maximum absolute atomic E-state index is 13.4. The molecule has 0 aliphatic carbocycles. The third kappa shape index (κ3) is 4.35. The largest absolute Gasteiger partial charge is 0.494 e. The second-order valence-electron chi connectivity index (χ2n) is 4.22. The van der Waals surface area contributed by atoms with E-state index in [1.807, 2.05) is 12.3 Å². The van der Waals surface area contributed by atoms with Crippen molar-refractivity contribution in [2.24, 2.45) is 5.10 Å². The Hall–Kier alpha value is -2.28. The number of carbonyl (C=O) groups excluding carboxylic acids is 1. The van der Waals surface area contributed by atoms with E-state index in [9.17, 15) is 9.18 Å². The lowest BCUT2D eigenvalue weighted by atomic mass is 10.2. The van der Waals surface area contributed by atoms with Crippen LogP contribution in [0.4, 0.5) is 4.39 Å². The standard InChI is InChI=1S/C14H14FN3O2S/c1-9-17-11(8-21-9)6-14(19)18-16-7-10-3-4-13(20-2)12(15)5-10/h3-5,7-8H,6H2,1-2H3,(H,18,19)/b16-7-. The molecule has 0 radical (unpaired) electrons. The molecule has 0 atom stereocenters. The summed E-state index contributed by atoms with van der Waals surface area (Å²) in [7, 11) is 1.40. The van der Waals surface area contributed by atoms with Gasteiger partial charge in [-0.2, -0.15) is 5.10 Å². The zero-order valence-electron chi connectivity index (χ0n) is 11.6. The van der Waals surface area contributed by atoms with Crippen molar-refractivity contribution in [1.82, 2.24) is 10.4 Å². The smallest absolute Gasteiger partial charge is 0.246 e. The molecule has 0 fully saturated rings. The van der Waals surface area contributed by atoms with Crippen molar-refractivity contribution >= 4 is 23.5 Å². The SMILES string of the molecule is COc1ccc(/C=N\NC(=O)Cc2csc(C)n2)cc1F. The van der Waals surface area contributed by atoms with Gasteiger partial charge in [-0.15, -0.1) is 11.3 Å². The zero-order valence-corrected chi connectivity index (χ0v) is 12.4. The number of aromatic nitrogens is 1. The van der Waals surface area contributed by atoms with Crippen LogP contribution in [-0.2, 0) is 11.2 Å². The molecule has 1 N–H and O–H groups in total. The minimum Gasteiger partial charge on any atom is -0.494 e. The fourth-order valence-electron chi connectivity index (χ4n) is 1.64. The molecule has 21 heavy (non-hydrogen) atoms. The normalized spacial score (nSPS) is 10.8. The number of thiazole rings is 1. The molecule has 110 valence electrons. The quantitative estimate of drug-likeness (QED) is 0.681. The molecule has 2 rings (SSSR count). The molecule has 2 aromatic rings. The lowest BCUT2D eigenvalue weighted by Gasteiger charge is -2.01. The molecule has 5 nitrogen and oxygen atoms in total. The predicted molar refractivity (Wildman–Crippen MR) is 79.2 cm³/mol. The van der Waals surface area contributed by atoms with Crippen molar-refractivity contribution in [2.45, 2.75) is 13.3 Å². The van der Waals surface area contributed by atoms with Crippen LogP contribution in [0.1, 0.15) is 16.3 Å². The van der Waals surface area contributed by atoms with Gasteiger partial charge in [-0.05, 0) is 30.7 Å². The minimum absolute atomic E-state index is 0.162. The van der Waals surface area contributed by atoms with Gasteiger partial charge in [0.05, 0.1) is 30.4 Å². The van der Waals surface area contributed by atoms with Crippen molar-refractivity contribution in [3.8, 4) is 5.75 Å². The van der Waals surface area contributed by atoms with Crippen LogP contribution in [0.2, 0.25) is 0 Å². The van der Waals surface area contributed by atoms with Crippen LogP contribution >= 0.6 is 11.3 Å². The van der Waals surface area contributed by atoms with Gasteiger partial charge in [-0.25, -0.2) is 14.8 Å². The van der Waals surface area contributed by atoms with Gasteiger partial charge in [0.1, 0.15) is 0 Å². The Kier molecular flexibility index (Phi) is 4.99. The Labute approximate surface area is 125 Å². The molecule has 0 bridgehead atoms. The number of amides is 1. The first-order chi connectivity index (χ1) is 10.1. The van der Waals surface area contributed by atoms with Crippen LogP contribution in [0.5, 0.6) is 5.75 Å². The maximum Gasteiger partial charge on any atom is 0.246 e. The van der Waals surface area contributed by atoms with E-state index in [2.05, 4.69) is 15.5 Å². The average Bonchev–Trinajstić information content (AvgIpc) is 2.84. The lowest BCUT2D eigenvalue weighted by Crippen LogP contribution is -2.19. The number of hydrogen-bond acceptors (Lipinski definition) is 5. The highest BCUT2D eigenvalue weighted by Gasteiger charge is 2.05. The fourth-order valence-corrected chi connectivity index (χ4v) is 2.25. The number of methoxy groups -OCH3 is 1. The Balaban J connectivity index is 1.89. The summed E-state index contributed by atoms with van der Waals surface area (Å²) in [5, 5.41) is 6.53. The lowest BCUT2D eigenvalue weighted by molar-refractivity contribution is -0.120. The van der Waals surface area contributed by atoms with E-state index in [0.29, 0.717) is 11.3 Å². The molecule has 1 amide bonds. The van der Waals surface area contributed by atoms with Gasteiger partial charge >= 0.3 is 0 Å². The van der Waals surface area contributed by atoms with Gasteiger partial charge in [0.2, 0.25) is 5.91 Å². The number of rotatable bonds is 5. The molecule has 0 unspecified atom stereocenters. The van der Waals surface area contributed by atoms with E-state index < -0.39 is 5.82 Å². The van der Waals surface area contributed by atoms with Gasteiger partial charge in [0.25, 0.3) is 0 Å². The van der Waals surface area contributed by atoms with Crippen molar-refractivity contribution in [1.29, 1.82) is 0 Å². The number of hydrogen-bond donors (Lipinski definition) is 1. The Morgan fingerprint density at radius 2 is 2.38 bits per heavy atom. The van der Waals surface area contributed by atoms with Crippen molar-refractivity contribution in [3.63, 3.8) is 0 Å². The summed E-state index contributed by atoms with van der Waals surface area (Å²) in [6.45, 7) is 1.88. The predicted octanol–water partition coefficient (Wildman–Crippen LogP) is 2.29. The number of aryl methyl sites for hydroxylation is 1. The topological polar surface area (TPSA) is 63.6 Å². The molecule has 0 aliphatic heterocycles. The first-order valence-electron chi connectivity index (χ1n) is 6.15. The molecule has 0 saturated carbocycles. The molecule has 1 aromatic carbocycles. The molecular weight excluding hydrogens is 293 g/mol. The number of ether oxygens (including phenoxy) is 1. The third-order valence-corrected chi connectivity index (χ3v) is 3.41. The summed E-state index contributed by atoms with van der Waals surface area (Å²) in [6.07, 6.45) is 1.53. The minimum atomic E-state index is -0.481. The molecule has 1 aromatic heterocycles. The Morgan fingerprint density at radius 1 is 1.57 bits per heavy atom. The van der Waals surface area contributed by atoms with Crippen LogP contribution in [0.25, 0.3) is 0 Å². The second kappa shape index (κ2) is 6.94. The van der Waals surface area contributed by atoms with Crippen LogP contribution in [0.15, 0.2) is 28.7 Å². The summed E-state index contributed by atoms with van der Waals surface area (Å²) in [5.74, 6) is -0.591. The molecule has 0 saturated heterocycles. The van der Waals surface area contributed by atoms with E-state index in [0.717, 1.165) is 5.01 Å². The zero-order chi connectivity index (χ0) is 15.2. The summed E-state index contributed by atoms with van der Waals surface area (Å²) < 4.78 is 18.3. The monoisotopic (exact) mass is 307 g/mol. The summed E-state index contributed by atoms with van der Waals surface area (Å²) >= 11 is 1.49. The van der Waals surface area contributed by atoms with E-state index in [1.165, 1.54) is 36.8 Å². The first kappa shape index (κ1) is 15.1. The summed E-state index contributed by atoms with van der Waals surface area (Å²) in [6, 6.07) is 4.41. The van der Waals surface area contributed by atoms with Crippen molar-refractivity contribution in [2.75, 3.05) is 7.11 Å². The van der Waals surface area contributed by atoms with Crippen molar-refractivity contribution < 1.29 is 13.9 Å². The number of nitrogens with one attached hydrogen (secondary N) is 1. The summed E-state index contributed by atoms with van der Waals surface area (Å²) in [4.78, 5) is 15.8. The Morgan fingerprint density at radius 3 is 3.00 bits per heavy atom. The number of hydrazone groups is 1. The highest BCUT2D eigenvalue weighted by atomic mass is 32.1. The van der Waals surface area contributed by atoms with Crippen molar-refractivity contribution in [3.05, 3.63) is 45.7 Å². The van der Waals surface area contributed by atoms with Gasteiger partial charge in [0.15, 0.2) is 11.6 Å². The van der Waals surface area contributed by atoms with Crippen LogP contribution in [0.3, 0.4) is 0 Å². The maximum atomic E-state index is 13.4. The van der Waals surface area contributed by atoms with Crippen LogP contribution in [-0.4, -0.2) is 24.2 Å². The molecule has 7 heteroatoms. The van der Waals surface area contributed by atoms with E-state index in [4.69, 9.17) is 4.74 Å². The highest BCUT2D eigenvalue weighted by molar-refractivity contribution is 7.09. The molecule has 0 spiro atoms. The molecule has 1 heterocycles. The average molecular weight is 307 g/mol. The number of benzene rings is 1. The molecule has 0 aliphatic rings. The summed E-state index contributed by atoms with van der Waals surface area (Å²) in [5.41, 5.74) is 3.61. The third-order valence-electron chi connectivity index (χ3n) is 2.59. The first-order valence-corrected chi connectivity index (χ1v) is 7.03. The van der Waals surface area contributed by atoms with Gasteiger partial charge in [-0.1, -0.05) is 0 Å². The Bertz CT molecular complexity index is 670. The fraction of sp³-hybridized carbons (Fsp3) is 0.214. The van der Waals surface area contributed by atoms with Gasteiger partial charge in [-0.3, -0.25) is 4.79 Å². The number of halogens is 1. The van der Waals surface area contributed by atoms with Gasteiger partial charge < -0.3 is 4.74 Å². The van der Waals surface area contributed by atoms with E-state index in [-0.39, 0.29) is 18.1 Å². The van der Waals surface area contributed by atoms with E-state index >= 15 is 0 Å². The molecular formula is C14H14FN3O2S. The second-order valence-corrected chi connectivity index (χ2v) is 5.28. The highest BCUT2D eigenvalue weighted by Crippen LogP contribution is 2.16.